The Morgan fingerprint density at radius 2 is 2.25 bits per heavy atom. The third kappa shape index (κ3) is 0.992. The van der Waals surface area contributed by atoms with Crippen LogP contribution >= 0.6 is 0 Å². The van der Waals surface area contributed by atoms with E-state index in [1.165, 1.54) is 0 Å². The second-order valence-electron chi connectivity index (χ2n) is 1.75. The molecule has 2 N–H and O–H groups in total. The zero-order valence-corrected chi connectivity index (χ0v) is 5.02. The van der Waals surface area contributed by atoms with Crippen molar-refractivity contribution in [3.63, 3.8) is 0 Å². The Kier molecular flexibility index (Phi) is 1.20. The van der Waals surface area contributed by atoms with Crippen LogP contribution in [0.15, 0.2) is 16.9 Å². The highest BCUT2D eigenvalue weighted by Crippen LogP contribution is 1.94. The van der Waals surface area contributed by atoms with Gasteiger partial charge in [-0.1, -0.05) is 0 Å². The number of amidine groups is 1. The van der Waals surface area contributed by atoms with E-state index < -0.39 is 0 Å². The number of aliphatic imine (C=N–C) groups is 1. The summed E-state index contributed by atoms with van der Waals surface area (Å²) >= 11 is 0. The molecule has 0 unspecified atom stereocenters. The first-order valence-electron chi connectivity index (χ1n) is 2.52. The minimum Gasteiger partial charge on any atom is -0.305 e. The molecule has 1 heterocycles. The molecule has 0 fully saturated rings. The van der Waals surface area contributed by atoms with Gasteiger partial charge in [0, 0.05) is 6.20 Å². The van der Waals surface area contributed by atoms with Crippen molar-refractivity contribution in [1.82, 2.24) is 10.9 Å². The molecule has 0 aromatic heterocycles. The quantitative estimate of drug-likeness (QED) is 0.474. The smallest absolute Gasteiger partial charge is 0.117 e. The average Bonchev–Trinajstić information content (AvgIpc) is 1.64. The van der Waals surface area contributed by atoms with Gasteiger partial charge < -0.3 is 5.43 Å². The van der Waals surface area contributed by atoms with E-state index in [1.54, 1.807) is 0 Å². The van der Waals surface area contributed by atoms with Gasteiger partial charge >= 0.3 is 0 Å². The molecule has 0 aromatic rings. The monoisotopic (exact) mass is 111 g/mol. The molecule has 0 aromatic carbocycles. The summed E-state index contributed by atoms with van der Waals surface area (Å²) in [5.74, 6) is 0.907. The summed E-state index contributed by atoms with van der Waals surface area (Å²) in [6.45, 7) is 3.85. The molecule has 0 spiro atoms. The van der Waals surface area contributed by atoms with Gasteiger partial charge in [-0.2, -0.15) is 0 Å². The lowest BCUT2D eigenvalue weighted by Crippen LogP contribution is -2.34. The number of nitrogens with one attached hydrogen (secondary N) is 2. The van der Waals surface area contributed by atoms with E-state index in [-0.39, 0.29) is 0 Å². The van der Waals surface area contributed by atoms with Gasteiger partial charge in [0.15, 0.2) is 0 Å². The normalized spacial score (nSPS) is 17.8. The van der Waals surface area contributed by atoms with Crippen LogP contribution in [-0.2, 0) is 0 Å². The Bertz CT molecular complexity index is 146. The van der Waals surface area contributed by atoms with Gasteiger partial charge in [0.05, 0.1) is 5.70 Å². The molecule has 0 bridgehead atoms. The first-order chi connectivity index (χ1) is 3.79. The van der Waals surface area contributed by atoms with Crippen molar-refractivity contribution in [2.75, 3.05) is 0 Å². The van der Waals surface area contributed by atoms with Gasteiger partial charge in [-0.15, -0.1) is 0 Å². The molecule has 8 heavy (non-hydrogen) atoms. The SMILES string of the molecule is CC1=CNNC(C)=N1. The zero-order valence-electron chi connectivity index (χ0n) is 5.02. The second-order valence-corrected chi connectivity index (χ2v) is 1.75. The molecule has 0 aliphatic carbocycles. The van der Waals surface area contributed by atoms with Crippen LogP contribution in [-0.4, -0.2) is 5.84 Å². The van der Waals surface area contributed by atoms with Crippen molar-refractivity contribution >= 4 is 5.84 Å². The van der Waals surface area contributed by atoms with Gasteiger partial charge in [0.25, 0.3) is 0 Å². The van der Waals surface area contributed by atoms with Crippen LogP contribution in [0.25, 0.3) is 0 Å². The predicted octanol–water partition coefficient (Wildman–Crippen LogP) is 0.374. The highest BCUT2D eigenvalue weighted by Gasteiger charge is 1.92. The molecule has 0 radical (unpaired) electrons. The van der Waals surface area contributed by atoms with E-state index in [4.69, 9.17) is 0 Å². The molecule has 1 rings (SSSR count). The molecule has 1 aliphatic rings. The second kappa shape index (κ2) is 1.86. The van der Waals surface area contributed by atoms with E-state index in [0.717, 1.165) is 11.5 Å². The molecule has 1 aliphatic heterocycles. The topological polar surface area (TPSA) is 36.4 Å². The molecule has 3 heteroatoms. The van der Waals surface area contributed by atoms with Crippen LogP contribution in [0.2, 0.25) is 0 Å². The van der Waals surface area contributed by atoms with Crippen LogP contribution in [0.5, 0.6) is 0 Å². The summed E-state index contributed by atoms with van der Waals surface area (Å²) in [5.41, 5.74) is 6.68. The summed E-state index contributed by atoms with van der Waals surface area (Å²) < 4.78 is 0. The highest BCUT2D eigenvalue weighted by atomic mass is 15.4. The fourth-order valence-electron chi connectivity index (χ4n) is 0.570. The van der Waals surface area contributed by atoms with E-state index in [1.807, 2.05) is 20.0 Å². The Morgan fingerprint density at radius 1 is 1.50 bits per heavy atom. The van der Waals surface area contributed by atoms with Gasteiger partial charge in [-0.25, -0.2) is 4.99 Å². The number of hydrazine groups is 1. The summed E-state index contributed by atoms with van der Waals surface area (Å²) in [5, 5.41) is 0. The highest BCUT2D eigenvalue weighted by molar-refractivity contribution is 5.80. The van der Waals surface area contributed by atoms with Crippen LogP contribution in [0, 0.1) is 0 Å². The number of hydrogen-bond donors (Lipinski definition) is 2. The molecular formula is C5H9N3. The summed E-state index contributed by atoms with van der Waals surface area (Å²) in [6, 6.07) is 0. The molecule has 0 amide bonds. The van der Waals surface area contributed by atoms with E-state index in [9.17, 15) is 0 Å². The lowest BCUT2D eigenvalue weighted by molar-refractivity contribution is 0.782. The Morgan fingerprint density at radius 3 is 2.62 bits per heavy atom. The average molecular weight is 111 g/mol. The molecule has 44 valence electrons. The van der Waals surface area contributed by atoms with Crippen LogP contribution in [0.3, 0.4) is 0 Å². The van der Waals surface area contributed by atoms with E-state index in [0.29, 0.717) is 0 Å². The van der Waals surface area contributed by atoms with Crippen molar-refractivity contribution in [2.45, 2.75) is 13.8 Å². The zero-order chi connectivity index (χ0) is 5.98. The molecule has 0 saturated heterocycles. The largest absolute Gasteiger partial charge is 0.305 e. The molecule has 3 nitrogen and oxygen atoms in total. The lowest BCUT2D eigenvalue weighted by atomic mass is 10.5. The summed E-state index contributed by atoms with van der Waals surface area (Å²) in [7, 11) is 0. The summed E-state index contributed by atoms with van der Waals surface area (Å²) in [6.07, 6.45) is 1.81. The Hall–Kier alpha value is -0.990. The van der Waals surface area contributed by atoms with Crippen LogP contribution in [0.4, 0.5) is 0 Å². The minimum absolute atomic E-state index is 0.907. The van der Waals surface area contributed by atoms with Crippen molar-refractivity contribution in [3.05, 3.63) is 11.9 Å². The number of rotatable bonds is 0. The van der Waals surface area contributed by atoms with Gasteiger partial charge in [0.2, 0.25) is 0 Å². The number of nitrogens with zero attached hydrogens (tertiary/aromatic N) is 1. The van der Waals surface area contributed by atoms with Gasteiger partial charge in [-0.05, 0) is 13.8 Å². The Labute approximate surface area is 48.5 Å². The van der Waals surface area contributed by atoms with Crippen molar-refractivity contribution in [2.24, 2.45) is 4.99 Å². The maximum atomic E-state index is 4.09. The van der Waals surface area contributed by atoms with Crippen molar-refractivity contribution in [3.8, 4) is 0 Å². The summed E-state index contributed by atoms with van der Waals surface area (Å²) in [4.78, 5) is 4.09. The van der Waals surface area contributed by atoms with Gasteiger partial charge in [-0.3, -0.25) is 5.43 Å². The third-order valence-corrected chi connectivity index (χ3v) is 0.878. The minimum atomic E-state index is 0.907. The number of allylic oxidation sites excluding steroid dienone is 1. The predicted molar refractivity (Wildman–Crippen MR) is 33.1 cm³/mol. The van der Waals surface area contributed by atoms with E-state index in [2.05, 4.69) is 15.8 Å². The maximum absolute atomic E-state index is 4.09. The first-order valence-corrected chi connectivity index (χ1v) is 2.52. The fraction of sp³-hybridized carbons (Fsp3) is 0.400. The first kappa shape index (κ1) is 5.15. The van der Waals surface area contributed by atoms with Crippen molar-refractivity contribution < 1.29 is 0 Å². The number of hydrogen-bond acceptors (Lipinski definition) is 3. The maximum Gasteiger partial charge on any atom is 0.117 e. The molecule has 0 atom stereocenters. The fourth-order valence-corrected chi connectivity index (χ4v) is 0.570. The standard InChI is InChI=1S/C5H9N3/c1-4-3-6-8-5(2)7-4/h3,6H,1-2H3,(H,7,8). The van der Waals surface area contributed by atoms with Crippen LogP contribution < -0.4 is 10.9 Å². The van der Waals surface area contributed by atoms with Crippen LogP contribution in [0.1, 0.15) is 13.8 Å². The Balaban J connectivity index is 2.69. The molecule has 0 saturated carbocycles. The molecular weight excluding hydrogens is 102 g/mol. The van der Waals surface area contributed by atoms with Gasteiger partial charge in [0.1, 0.15) is 5.84 Å². The van der Waals surface area contributed by atoms with Crippen molar-refractivity contribution in [1.29, 1.82) is 0 Å². The van der Waals surface area contributed by atoms with E-state index >= 15 is 0 Å². The third-order valence-electron chi connectivity index (χ3n) is 0.878. The lowest BCUT2D eigenvalue weighted by Gasteiger charge is -2.09.